The summed E-state index contributed by atoms with van der Waals surface area (Å²) in [6.07, 6.45) is 3.62. The Hall–Kier alpha value is -1.71. The number of hydrogen-bond acceptors (Lipinski definition) is 3. The summed E-state index contributed by atoms with van der Waals surface area (Å²) in [7, 11) is 0. The number of benzene rings is 1. The van der Waals surface area contributed by atoms with Gasteiger partial charge in [0.1, 0.15) is 5.60 Å². The number of rotatable bonds is 8. The normalized spacial score (nSPS) is 12.4. The number of unbranched alkanes of at least 4 members (excludes halogenated alkanes) is 2. The molecule has 0 saturated carbocycles. The number of carbonyl (C=O) groups is 1. The third kappa shape index (κ3) is 7.91. The predicted molar refractivity (Wildman–Crippen MR) is 98.3 cm³/mol. The van der Waals surface area contributed by atoms with Crippen LogP contribution in [-0.4, -0.2) is 24.8 Å². The number of carbonyl (C=O) groups excluding carboxylic acids is 1. The standard InChI is InChI=1S/C19H32N2O2/c1-6-8-14-21(15-9-7-2)17-12-10-16(11-13-17)20-18(22)23-19(3,4)5/h10-13H,6-9,14-15H2,1-5H3,(H,20,22)/i12T,13T. The van der Waals surface area contributed by atoms with Crippen LogP contribution < -0.4 is 10.2 Å². The van der Waals surface area contributed by atoms with Crippen molar-refractivity contribution in [3.8, 4) is 0 Å². The fraction of sp³-hybridized carbons (Fsp3) is 0.632. The second-order valence-corrected chi connectivity index (χ2v) is 6.70. The first-order valence-electron chi connectivity index (χ1n) is 9.54. The molecule has 1 amide bonds. The number of amides is 1. The Morgan fingerprint density at radius 2 is 1.70 bits per heavy atom. The average molecular weight is 324 g/mol. The molecule has 0 saturated heterocycles. The molecule has 1 aromatic rings. The molecule has 0 spiro atoms. The van der Waals surface area contributed by atoms with Crippen molar-refractivity contribution in [1.29, 1.82) is 0 Å². The highest BCUT2D eigenvalue weighted by molar-refractivity contribution is 5.85. The average Bonchev–Trinajstić information content (AvgIpc) is 2.46. The number of ether oxygens (including phenoxy) is 1. The Labute approximate surface area is 144 Å². The Morgan fingerprint density at radius 1 is 1.17 bits per heavy atom. The van der Waals surface area contributed by atoms with Crippen molar-refractivity contribution in [3.05, 3.63) is 24.2 Å². The molecule has 0 heterocycles. The zero-order valence-corrected chi connectivity index (χ0v) is 15.2. The molecular weight excluding hydrogens is 288 g/mol. The van der Waals surface area contributed by atoms with Crippen LogP contribution in [-0.2, 0) is 4.74 Å². The van der Waals surface area contributed by atoms with E-state index in [-0.39, 0.29) is 12.1 Å². The van der Waals surface area contributed by atoms with Crippen LogP contribution in [0.5, 0.6) is 0 Å². The largest absolute Gasteiger partial charge is 0.444 e. The Balaban J connectivity index is 2.97. The van der Waals surface area contributed by atoms with Gasteiger partial charge in [0.05, 0.1) is 2.74 Å². The van der Waals surface area contributed by atoms with E-state index in [1.54, 1.807) is 32.9 Å². The van der Waals surface area contributed by atoms with E-state index in [9.17, 15) is 4.79 Å². The third-order valence-corrected chi connectivity index (χ3v) is 3.25. The van der Waals surface area contributed by atoms with E-state index in [1.165, 1.54) is 0 Å². The van der Waals surface area contributed by atoms with Gasteiger partial charge in [-0.3, -0.25) is 5.32 Å². The topological polar surface area (TPSA) is 41.6 Å². The van der Waals surface area contributed by atoms with E-state index < -0.39 is 11.7 Å². The van der Waals surface area contributed by atoms with E-state index in [4.69, 9.17) is 7.48 Å². The SMILES string of the molecule is [3H]c1cc(NC(=O)OC(C)(C)C)cc([3H])c1N(CCCC)CCCC. The zero-order valence-electron chi connectivity index (χ0n) is 17.2. The molecule has 0 aliphatic rings. The van der Waals surface area contributed by atoms with Crippen molar-refractivity contribution in [3.63, 3.8) is 0 Å². The second kappa shape index (κ2) is 9.43. The highest BCUT2D eigenvalue weighted by Crippen LogP contribution is 2.20. The van der Waals surface area contributed by atoms with Crippen LogP contribution in [0.4, 0.5) is 16.2 Å². The van der Waals surface area contributed by atoms with Gasteiger partial charge in [-0.15, -0.1) is 0 Å². The van der Waals surface area contributed by atoms with Crippen molar-refractivity contribution >= 4 is 17.5 Å². The second-order valence-electron chi connectivity index (χ2n) is 6.70. The monoisotopic (exact) mass is 324 g/mol. The minimum absolute atomic E-state index is 0.255. The number of nitrogens with zero attached hydrogens (tertiary/aromatic N) is 1. The van der Waals surface area contributed by atoms with Crippen LogP contribution in [0.15, 0.2) is 24.2 Å². The van der Waals surface area contributed by atoms with Gasteiger partial charge in [0.2, 0.25) is 0 Å². The van der Waals surface area contributed by atoms with E-state index in [1.807, 2.05) is 0 Å². The maximum atomic E-state index is 11.9. The summed E-state index contributed by atoms with van der Waals surface area (Å²) in [4.78, 5) is 14.0. The number of hydrogen-bond donors (Lipinski definition) is 1. The van der Waals surface area contributed by atoms with Crippen LogP contribution in [0.2, 0.25) is 0 Å². The highest BCUT2D eigenvalue weighted by atomic mass is 16.6. The van der Waals surface area contributed by atoms with Crippen LogP contribution in [0.1, 0.15) is 63.0 Å². The van der Waals surface area contributed by atoms with Gasteiger partial charge in [0.15, 0.2) is 0 Å². The van der Waals surface area contributed by atoms with Gasteiger partial charge in [0.25, 0.3) is 0 Å². The molecule has 0 atom stereocenters. The van der Waals surface area contributed by atoms with Gasteiger partial charge in [-0.1, -0.05) is 26.7 Å². The van der Waals surface area contributed by atoms with E-state index >= 15 is 0 Å². The third-order valence-electron chi connectivity index (χ3n) is 3.25. The van der Waals surface area contributed by atoms with Gasteiger partial charge >= 0.3 is 6.09 Å². The molecule has 0 unspecified atom stereocenters. The summed E-state index contributed by atoms with van der Waals surface area (Å²) < 4.78 is 21.9. The minimum Gasteiger partial charge on any atom is -0.444 e. The summed E-state index contributed by atoms with van der Waals surface area (Å²) in [5.74, 6) is 0. The van der Waals surface area contributed by atoms with Gasteiger partial charge in [-0.25, -0.2) is 4.79 Å². The summed E-state index contributed by atoms with van der Waals surface area (Å²) in [6, 6.07) is 3.68. The molecule has 4 heteroatoms. The van der Waals surface area contributed by atoms with Crippen molar-refractivity contribution in [2.45, 2.75) is 65.9 Å². The predicted octanol–water partition coefficient (Wildman–Crippen LogP) is 5.44. The first-order chi connectivity index (χ1) is 11.7. The minimum atomic E-state index is -0.589. The summed E-state index contributed by atoms with van der Waals surface area (Å²) in [5.41, 5.74) is 0.463. The molecule has 1 N–H and O–H groups in total. The van der Waals surface area contributed by atoms with Gasteiger partial charge in [0, 0.05) is 24.5 Å². The number of anilines is 2. The van der Waals surface area contributed by atoms with Crippen molar-refractivity contribution in [1.82, 2.24) is 0 Å². The molecule has 0 aromatic heterocycles. The molecule has 1 rings (SSSR count). The highest BCUT2D eigenvalue weighted by Gasteiger charge is 2.16. The van der Waals surface area contributed by atoms with Crippen molar-refractivity contribution < 1.29 is 12.3 Å². The molecular formula is C19H32N2O2. The molecule has 0 radical (unpaired) electrons. The molecule has 0 bridgehead atoms. The lowest BCUT2D eigenvalue weighted by Gasteiger charge is -2.25. The molecule has 0 aliphatic carbocycles. The molecule has 23 heavy (non-hydrogen) atoms. The first-order valence-corrected chi connectivity index (χ1v) is 8.54. The number of nitrogens with one attached hydrogen (secondary N) is 1. The summed E-state index contributed by atoms with van der Waals surface area (Å²) >= 11 is 0. The molecule has 1 aromatic carbocycles. The van der Waals surface area contributed by atoms with Crippen LogP contribution >= 0.6 is 0 Å². The summed E-state index contributed by atoms with van der Waals surface area (Å²) in [5, 5.41) is 2.61. The first kappa shape index (κ1) is 16.2. The lowest BCUT2D eigenvalue weighted by atomic mass is 10.2. The maximum absolute atomic E-state index is 11.9. The van der Waals surface area contributed by atoms with E-state index in [0.717, 1.165) is 38.8 Å². The van der Waals surface area contributed by atoms with Gasteiger partial charge in [-0.2, -0.15) is 0 Å². The molecule has 0 aliphatic heterocycles. The quantitative estimate of drug-likeness (QED) is 0.692. The lowest BCUT2D eigenvalue weighted by Crippen LogP contribution is -2.27. The van der Waals surface area contributed by atoms with Crippen LogP contribution in [0.3, 0.4) is 0 Å². The zero-order chi connectivity index (χ0) is 19.0. The van der Waals surface area contributed by atoms with Gasteiger partial charge < -0.3 is 9.64 Å². The fourth-order valence-corrected chi connectivity index (χ4v) is 2.09. The fourth-order valence-electron chi connectivity index (χ4n) is 2.09. The van der Waals surface area contributed by atoms with Crippen LogP contribution in [0, 0.1) is 0 Å². The van der Waals surface area contributed by atoms with Crippen molar-refractivity contribution in [2.75, 3.05) is 23.3 Å². The van der Waals surface area contributed by atoms with E-state index in [0.29, 0.717) is 11.4 Å². The Kier molecular flexibility index (Phi) is 6.63. The molecule has 4 nitrogen and oxygen atoms in total. The Morgan fingerprint density at radius 3 is 2.13 bits per heavy atom. The van der Waals surface area contributed by atoms with E-state index in [2.05, 4.69) is 24.1 Å². The van der Waals surface area contributed by atoms with Gasteiger partial charge in [-0.05, 0) is 57.8 Å². The Bertz CT molecular complexity index is 540. The van der Waals surface area contributed by atoms with Crippen molar-refractivity contribution in [2.24, 2.45) is 0 Å². The van der Waals surface area contributed by atoms with Crippen LogP contribution in [0.25, 0.3) is 0 Å². The maximum Gasteiger partial charge on any atom is 0.412 e. The lowest BCUT2D eigenvalue weighted by molar-refractivity contribution is 0.0636. The smallest absolute Gasteiger partial charge is 0.412 e. The summed E-state index contributed by atoms with van der Waals surface area (Å²) in [6.45, 7) is 11.3. The molecule has 0 fully saturated rings. The molecule has 130 valence electrons.